The predicted molar refractivity (Wildman–Crippen MR) is 237 cm³/mol. The minimum absolute atomic E-state index is 0.0199. The molecule has 4 atom stereocenters. The lowest BCUT2D eigenvalue weighted by molar-refractivity contribution is -0.141. The van der Waals surface area contributed by atoms with Crippen LogP contribution in [0.4, 0.5) is 0 Å². The fraction of sp³-hybridized carbons (Fsp3) is 0.467. The van der Waals surface area contributed by atoms with Gasteiger partial charge in [0.25, 0.3) is 5.91 Å². The first-order valence-corrected chi connectivity index (χ1v) is 21.5. The van der Waals surface area contributed by atoms with Crippen LogP contribution in [0.1, 0.15) is 84.6 Å². The summed E-state index contributed by atoms with van der Waals surface area (Å²) < 4.78 is 12.2. The molecule has 0 radical (unpaired) electrons. The molecular formula is C45H60N8O7S. The highest BCUT2D eigenvalue weighted by molar-refractivity contribution is 7.80. The van der Waals surface area contributed by atoms with Gasteiger partial charge in [-0.25, -0.2) is 0 Å². The van der Waals surface area contributed by atoms with Crippen molar-refractivity contribution in [1.82, 2.24) is 26.2 Å². The Hall–Kier alpha value is -5.63. The molecule has 1 aliphatic rings. The number of carbonyl (C=O) groups is 5. The van der Waals surface area contributed by atoms with E-state index in [0.717, 1.165) is 30.4 Å². The SMILES string of the molecule is CCCCCCCc1ccc(C(=O)N[C@@H](CS)C(=O)N(C)[C@@H]2C(=O)N[C@@H](C)C(=O)N[C@H](C(=O)NCC#N)Cc3ccc(OCCN)c(c3)-c3cc2ccc3OCCN)c(C)c1. The van der Waals surface area contributed by atoms with Crippen LogP contribution in [0.3, 0.4) is 0 Å². The monoisotopic (exact) mass is 856 g/mol. The van der Waals surface area contributed by atoms with Gasteiger partial charge < -0.3 is 47.1 Å². The lowest BCUT2D eigenvalue weighted by Crippen LogP contribution is -2.56. The molecule has 0 aromatic heterocycles. The van der Waals surface area contributed by atoms with Crippen molar-refractivity contribution in [3.05, 3.63) is 82.4 Å². The molecule has 3 aromatic rings. The number of aryl methyl sites for hydroxylation is 2. The number of ether oxygens (including phenoxy) is 2. The second kappa shape index (κ2) is 24.0. The van der Waals surface area contributed by atoms with E-state index in [4.69, 9.17) is 26.2 Å². The summed E-state index contributed by atoms with van der Waals surface area (Å²) in [6, 6.07) is 13.0. The number of fused-ring (bicyclic) bond motifs is 5. The van der Waals surface area contributed by atoms with Crippen molar-refractivity contribution in [3.8, 4) is 28.7 Å². The van der Waals surface area contributed by atoms with Crippen LogP contribution in [0.25, 0.3) is 11.1 Å². The van der Waals surface area contributed by atoms with Gasteiger partial charge in [-0.05, 0) is 79.3 Å². The maximum Gasteiger partial charge on any atom is 0.252 e. The van der Waals surface area contributed by atoms with Gasteiger partial charge in [0.2, 0.25) is 23.6 Å². The molecule has 15 nitrogen and oxygen atoms in total. The van der Waals surface area contributed by atoms with E-state index in [9.17, 15) is 24.0 Å². The van der Waals surface area contributed by atoms with Crippen LogP contribution in [0.2, 0.25) is 0 Å². The molecule has 0 saturated heterocycles. The fourth-order valence-corrected chi connectivity index (χ4v) is 7.44. The van der Waals surface area contributed by atoms with Crippen LogP contribution in [0, 0.1) is 18.3 Å². The number of hydrogen-bond acceptors (Lipinski definition) is 11. The lowest BCUT2D eigenvalue weighted by atomic mass is 9.93. The van der Waals surface area contributed by atoms with Crippen LogP contribution in [0.5, 0.6) is 11.5 Å². The van der Waals surface area contributed by atoms with E-state index in [1.54, 1.807) is 42.5 Å². The van der Waals surface area contributed by atoms with Crippen molar-refractivity contribution in [2.24, 2.45) is 11.5 Å². The third kappa shape index (κ3) is 13.2. The number of hydrogen-bond donors (Lipinski definition) is 7. The summed E-state index contributed by atoms with van der Waals surface area (Å²) >= 11 is 4.44. The number of nitrogens with two attached hydrogens (primary N) is 2. The molecule has 16 heteroatoms. The molecule has 4 rings (SSSR count). The average molecular weight is 857 g/mol. The largest absolute Gasteiger partial charge is 0.492 e. The predicted octanol–water partition coefficient (Wildman–Crippen LogP) is 3.26. The summed E-state index contributed by atoms with van der Waals surface area (Å²) in [5.41, 5.74) is 15.9. The number of amides is 5. The Morgan fingerprint density at radius 1 is 0.934 bits per heavy atom. The molecule has 0 spiro atoms. The van der Waals surface area contributed by atoms with Crippen molar-refractivity contribution < 1.29 is 33.4 Å². The smallest absolute Gasteiger partial charge is 0.252 e. The Balaban J connectivity index is 1.77. The topological polar surface area (TPSA) is 231 Å². The van der Waals surface area contributed by atoms with Crippen molar-refractivity contribution in [2.75, 3.05) is 45.6 Å². The van der Waals surface area contributed by atoms with E-state index < -0.39 is 53.7 Å². The minimum Gasteiger partial charge on any atom is -0.492 e. The first kappa shape index (κ1) is 48.0. The molecule has 1 aliphatic heterocycles. The van der Waals surface area contributed by atoms with Crippen LogP contribution in [-0.2, 0) is 32.0 Å². The molecule has 0 saturated carbocycles. The van der Waals surface area contributed by atoms with E-state index in [-0.39, 0.29) is 45.0 Å². The second-order valence-electron chi connectivity index (χ2n) is 15.1. The fourth-order valence-electron chi connectivity index (χ4n) is 7.20. The number of thiol groups is 1. The van der Waals surface area contributed by atoms with Gasteiger partial charge in [-0.15, -0.1) is 0 Å². The Morgan fingerprint density at radius 2 is 1.61 bits per heavy atom. The standard InChI is InChI=1S/C45H60N8O7S/c1-5-6-7-8-9-10-30-11-14-33(28(2)23-30)42(55)52-37(27-61)45(58)53(4)40-32-13-16-39(60-22-19-48)35(26-32)34-24-31(12-15-38(34)59-21-18-47)25-36(43(56)49-20-17-46)51-41(54)29(3)50-44(40)57/h11-16,23-24,26,29,36-37,40,61H,5-10,18-22,25,27,47-48H2,1-4H3,(H,49,56)(H,50,57)(H,51,54)(H,52,55)/t29-,36-,37-,40-/m0/s1. The Morgan fingerprint density at radius 3 is 2.25 bits per heavy atom. The van der Waals surface area contributed by atoms with Gasteiger partial charge in [0, 0.05) is 49.0 Å². The highest BCUT2D eigenvalue weighted by Crippen LogP contribution is 2.40. The molecular weight excluding hydrogens is 797 g/mol. The number of unbranched alkanes of at least 4 members (excludes halogenated alkanes) is 4. The molecule has 0 fully saturated rings. The molecule has 61 heavy (non-hydrogen) atoms. The van der Waals surface area contributed by atoms with Gasteiger partial charge in [-0.3, -0.25) is 24.0 Å². The number of carbonyl (C=O) groups excluding carboxylic acids is 5. The summed E-state index contributed by atoms with van der Waals surface area (Å²) in [5.74, 6) is -2.36. The minimum atomic E-state index is -1.35. The van der Waals surface area contributed by atoms with Gasteiger partial charge >= 0.3 is 0 Å². The quantitative estimate of drug-likeness (QED) is 0.0529. The van der Waals surface area contributed by atoms with Gasteiger partial charge in [0.1, 0.15) is 55.4 Å². The average Bonchev–Trinajstić information content (AvgIpc) is 3.25. The van der Waals surface area contributed by atoms with Crippen LogP contribution in [0.15, 0.2) is 54.6 Å². The summed E-state index contributed by atoms with van der Waals surface area (Å²) in [6.45, 7) is 5.95. The van der Waals surface area contributed by atoms with Crippen LogP contribution >= 0.6 is 12.6 Å². The highest BCUT2D eigenvalue weighted by atomic mass is 32.1. The highest BCUT2D eigenvalue weighted by Gasteiger charge is 2.36. The number of nitrogens with one attached hydrogen (secondary N) is 4. The molecule has 3 aromatic carbocycles. The Bertz CT molecular complexity index is 2060. The van der Waals surface area contributed by atoms with E-state index in [1.165, 1.54) is 38.1 Å². The van der Waals surface area contributed by atoms with E-state index >= 15 is 0 Å². The van der Waals surface area contributed by atoms with E-state index in [2.05, 4.69) is 40.8 Å². The zero-order valence-electron chi connectivity index (χ0n) is 35.6. The zero-order chi connectivity index (χ0) is 44.5. The van der Waals surface area contributed by atoms with Crippen LogP contribution < -0.4 is 42.2 Å². The molecule has 1 heterocycles. The van der Waals surface area contributed by atoms with Gasteiger partial charge in [-0.1, -0.05) is 56.9 Å². The van der Waals surface area contributed by atoms with Crippen molar-refractivity contribution in [2.45, 2.75) is 89.9 Å². The molecule has 0 unspecified atom stereocenters. The maximum absolute atomic E-state index is 14.5. The third-order valence-corrected chi connectivity index (χ3v) is 10.8. The summed E-state index contributed by atoms with van der Waals surface area (Å²) in [7, 11) is 1.44. The van der Waals surface area contributed by atoms with E-state index in [0.29, 0.717) is 39.3 Å². The number of rotatable bonds is 19. The molecule has 4 bridgehead atoms. The normalized spacial score (nSPS) is 16.8. The van der Waals surface area contributed by atoms with Gasteiger partial charge in [-0.2, -0.15) is 17.9 Å². The first-order chi connectivity index (χ1) is 29.4. The Kier molecular flexibility index (Phi) is 18.9. The molecule has 0 aliphatic carbocycles. The van der Waals surface area contributed by atoms with Crippen molar-refractivity contribution >= 4 is 42.2 Å². The second-order valence-corrected chi connectivity index (χ2v) is 15.5. The number of likely N-dealkylation sites (N-methyl/N-ethyl adjacent to an activating group) is 1. The van der Waals surface area contributed by atoms with Gasteiger partial charge in [0.15, 0.2) is 0 Å². The summed E-state index contributed by atoms with van der Waals surface area (Å²) in [4.78, 5) is 70.7. The zero-order valence-corrected chi connectivity index (χ0v) is 36.4. The maximum atomic E-state index is 14.5. The van der Waals surface area contributed by atoms with Crippen molar-refractivity contribution in [3.63, 3.8) is 0 Å². The first-order valence-electron chi connectivity index (χ1n) is 20.8. The number of benzene rings is 3. The number of nitriles is 1. The molecule has 328 valence electrons. The van der Waals surface area contributed by atoms with E-state index in [1.807, 2.05) is 25.1 Å². The molecule has 5 amide bonds. The van der Waals surface area contributed by atoms with Crippen LogP contribution in [-0.4, -0.2) is 98.2 Å². The Labute approximate surface area is 364 Å². The summed E-state index contributed by atoms with van der Waals surface area (Å²) in [6.07, 6.45) is 6.72. The van der Waals surface area contributed by atoms with Gasteiger partial charge in [0.05, 0.1) is 6.07 Å². The third-order valence-electron chi connectivity index (χ3n) is 10.4. The lowest BCUT2D eigenvalue weighted by Gasteiger charge is -2.32. The number of nitrogens with zero attached hydrogens (tertiary/aromatic N) is 2. The molecule has 8 N–H and O–H groups in total. The van der Waals surface area contributed by atoms with Crippen molar-refractivity contribution in [1.29, 1.82) is 5.26 Å². The summed E-state index contributed by atoms with van der Waals surface area (Å²) in [5, 5.41) is 19.9.